The van der Waals surface area contributed by atoms with Crippen molar-refractivity contribution in [1.29, 1.82) is 0 Å². The molecule has 1 aromatic heterocycles. The molecule has 1 aliphatic heterocycles. The molecule has 1 N–H and O–H groups in total. The average Bonchev–Trinajstić information content (AvgIpc) is 2.88. The third-order valence-corrected chi connectivity index (χ3v) is 3.76. The quantitative estimate of drug-likeness (QED) is 0.938. The second kappa shape index (κ2) is 5.69. The maximum atomic E-state index is 11.4. The number of aromatic nitrogens is 2. The van der Waals surface area contributed by atoms with Crippen LogP contribution in [0.25, 0.3) is 5.69 Å². The van der Waals surface area contributed by atoms with Gasteiger partial charge in [-0.2, -0.15) is 5.10 Å². The summed E-state index contributed by atoms with van der Waals surface area (Å²) in [7, 11) is 0. The number of carboxylic acid groups (broad SMARTS) is 1. The van der Waals surface area contributed by atoms with E-state index in [0.717, 1.165) is 24.2 Å². The number of aryl methyl sites for hydroxylation is 1. The predicted octanol–water partition coefficient (Wildman–Crippen LogP) is 2.60. The maximum absolute atomic E-state index is 11.4. The van der Waals surface area contributed by atoms with Crippen LogP contribution in [0.15, 0.2) is 24.3 Å². The van der Waals surface area contributed by atoms with E-state index in [1.165, 1.54) is 5.56 Å². The molecule has 0 saturated heterocycles. The second-order valence-corrected chi connectivity index (χ2v) is 5.17. The molecule has 5 heteroatoms. The fraction of sp³-hybridized carbons (Fsp3) is 0.375. The molecule has 1 aliphatic rings. The minimum absolute atomic E-state index is 0.107. The standard InChI is InChI=1S/C16H18N2O3/c1-2-5-11-6-3-4-7-13(11)18-14-8-9-21-10-12(14)15(17-18)16(19)20/h3-4,6-7H,2,5,8-10H2,1H3,(H,19,20). The van der Waals surface area contributed by atoms with Crippen molar-refractivity contribution in [2.75, 3.05) is 6.61 Å². The van der Waals surface area contributed by atoms with E-state index in [1.54, 1.807) is 4.68 Å². The zero-order chi connectivity index (χ0) is 14.8. The highest BCUT2D eigenvalue weighted by atomic mass is 16.5. The Hall–Kier alpha value is -2.14. The Labute approximate surface area is 123 Å². The summed E-state index contributed by atoms with van der Waals surface area (Å²) in [6.07, 6.45) is 2.68. The third-order valence-electron chi connectivity index (χ3n) is 3.76. The van der Waals surface area contributed by atoms with Gasteiger partial charge in [0.1, 0.15) is 0 Å². The Bertz CT molecular complexity index is 676. The van der Waals surface area contributed by atoms with Crippen molar-refractivity contribution in [3.8, 4) is 5.69 Å². The monoisotopic (exact) mass is 286 g/mol. The maximum Gasteiger partial charge on any atom is 0.356 e. The van der Waals surface area contributed by atoms with Crippen LogP contribution in [0.2, 0.25) is 0 Å². The van der Waals surface area contributed by atoms with Gasteiger partial charge >= 0.3 is 5.97 Å². The van der Waals surface area contributed by atoms with Gasteiger partial charge in [0.05, 0.1) is 24.6 Å². The first-order valence-corrected chi connectivity index (χ1v) is 7.22. The number of carboxylic acids is 1. The summed E-state index contributed by atoms with van der Waals surface area (Å²) in [4.78, 5) is 11.4. The van der Waals surface area contributed by atoms with E-state index in [4.69, 9.17) is 4.74 Å². The molecule has 21 heavy (non-hydrogen) atoms. The fourth-order valence-electron chi connectivity index (χ4n) is 2.81. The highest BCUT2D eigenvalue weighted by Crippen LogP contribution is 2.26. The van der Waals surface area contributed by atoms with Crippen LogP contribution in [0.5, 0.6) is 0 Å². The lowest BCUT2D eigenvalue weighted by molar-refractivity contribution is 0.0677. The summed E-state index contributed by atoms with van der Waals surface area (Å²) in [5, 5.41) is 13.7. The summed E-state index contributed by atoms with van der Waals surface area (Å²) in [5.74, 6) is -0.997. The Balaban J connectivity index is 2.17. The van der Waals surface area contributed by atoms with Crippen molar-refractivity contribution >= 4 is 5.97 Å². The highest BCUT2D eigenvalue weighted by Gasteiger charge is 2.26. The van der Waals surface area contributed by atoms with Gasteiger partial charge in [0.25, 0.3) is 0 Å². The molecule has 1 aromatic carbocycles. The first kappa shape index (κ1) is 13.8. The topological polar surface area (TPSA) is 64.4 Å². The van der Waals surface area contributed by atoms with E-state index in [0.29, 0.717) is 25.2 Å². The SMILES string of the molecule is CCCc1ccccc1-n1nc(C(=O)O)c2c1CCOC2. The van der Waals surface area contributed by atoms with Crippen LogP contribution >= 0.6 is 0 Å². The van der Waals surface area contributed by atoms with E-state index in [-0.39, 0.29) is 5.69 Å². The second-order valence-electron chi connectivity index (χ2n) is 5.17. The van der Waals surface area contributed by atoms with Gasteiger partial charge in [-0.05, 0) is 18.1 Å². The van der Waals surface area contributed by atoms with Gasteiger partial charge in [-0.3, -0.25) is 0 Å². The van der Waals surface area contributed by atoms with Crippen LogP contribution in [0.3, 0.4) is 0 Å². The van der Waals surface area contributed by atoms with Crippen molar-refractivity contribution < 1.29 is 14.6 Å². The summed E-state index contributed by atoms with van der Waals surface area (Å²) in [6, 6.07) is 8.04. The zero-order valence-electron chi connectivity index (χ0n) is 12.0. The van der Waals surface area contributed by atoms with Crippen LogP contribution in [0.1, 0.15) is 40.7 Å². The number of benzene rings is 1. The summed E-state index contributed by atoms with van der Waals surface area (Å²) < 4.78 is 7.19. The summed E-state index contributed by atoms with van der Waals surface area (Å²) in [5.41, 5.74) is 3.94. The smallest absolute Gasteiger partial charge is 0.356 e. The lowest BCUT2D eigenvalue weighted by Gasteiger charge is -2.16. The summed E-state index contributed by atoms with van der Waals surface area (Å²) >= 11 is 0. The van der Waals surface area contributed by atoms with Crippen molar-refractivity contribution in [3.63, 3.8) is 0 Å². The lowest BCUT2D eigenvalue weighted by Crippen LogP contribution is -2.14. The molecule has 0 fully saturated rings. The first-order valence-electron chi connectivity index (χ1n) is 7.22. The number of rotatable bonds is 4. The predicted molar refractivity (Wildman–Crippen MR) is 77.9 cm³/mol. The number of carbonyl (C=O) groups is 1. The van der Waals surface area contributed by atoms with Gasteiger partial charge in [-0.25, -0.2) is 9.48 Å². The van der Waals surface area contributed by atoms with Crippen molar-refractivity contribution in [2.24, 2.45) is 0 Å². The average molecular weight is 286 g/mol. The first-order chi connectivity index (χ1) is 10.2. The Morgan fingerprint density at radius 3 is 3.00 bits per heavy atom. The Kier molecular flexibility index (Phi) is 3.75. The molecule has 0 amide bonds. The van der Waals surface area contributed by atoms with Crippen LogP contribution < -0.4 is 0 Å². The molecule has 0 radical (unpaired) electrons. The van der Waals surface area contributed by atoms with Crippen LogP contribution in [0, 0.1) is 0 Å². The molecule has 2 aromatic rings. The van der Waals surface area contributed by atoms with Gasteiger partial charge in [0, 0.05) is 12.0 Å². The van der Waals surface area contributed by atoms with Crippen LogP contribution in [-0.2, 0) is 24.2 Å². The fourth-order valence-corrected chi connectivity index (χ4v) is 2.81. The van der Waals surface area contributed by atoms with Crippen LogP contribution in [0.4, 0.5) is 0 Å². The number of hydrogen-bond donors (Lipinski definition) is 1. The summed E-state index contributed by atoms with van der Waals surface area (Å²) in [6.45, 7) is 3.06. The number of hydrogen-bond acceptors (Lipinski definition) is 3. The Morgan fingerprint density at radius 2 is 2.24 bits per heavy atom. The van der Waals surface area contributed by atoms with Crippen molar-refractivity contribution in [1.82, 2.24) is 9.78 Å². The minimum Gasteiger partial charge on any atom is -0.476 e. The number of fused-ring (bicyclic) bond motifs is 1. The van der Waals surface area contributed by atoms with Gasteiger partial charge in [0.2, 0.25) is 0 Å². The minimum atomic E-state index is -0.997. The van der Waals surface area contributed by atoms with Crippen molar-refractivity contribution in [3.05, 3.63) is 46.8 Å². The zero-order valence-corrected chi connectivity index (χ0v) is 12.0. The molecule has 110 valence electrons. The highest BCUT2D eigenvalue weighted by molar-refractivity contribution is 5.87. The van der Waals surface area contributed by atoms with Gasteiger partial charge in [-0.15, -0.1) is 0 Å². The van der Waals surface area contributed by atoms with Crippen molar-refractivity contribution in [2.45, 2.75) is 32.8 Å². The van der Waals surface area contributed by atoms with Gasteiger partial charge < -0.3 is 9.84 Å². The molecule has 0 aliphatic carbocycles. The van der Waals surface area contributed by atoms with E-state index in [2.05, 4.69) is 18.1 Å². The largest absolute Gasteiger partial charge is 0.476 e. The molecular formula is C16H18N2O3. The van der Waals surface area contributed by atoms with Gasteiger partial charge in [0.15, 0.2) is 5.69 Å². The molecule has 0 atom stereocenters. The van der Waals surface area contributed by atoms with E-state index < -0.39 is 5.97 Å². The molecule has 3 rings (SSSR count). The number of aromatic carboxylic acids is 1. The normalized spacial score (nSPS) is 14.0. The molecular weight excluding hydrogens is 268 g/mol. The molecule has 0 bridgehead atoms. The van der Waals surface area contributed by atoms with E-state index in [1.807, 2.05) is 18.2 Å². The lowest BCUT2D eigenvalue weighted by atomic mass is 10.1. The van der Waals surface area contributed by atoms with Gasteiger partial charge in [-0.1, -0.05) is 31.5 Å². The van der Waals surface area contributed by atoms with E-state index >= 15 is 0 Å². The molecule has 5 nitrogen and oxygen atoms in total. The molecule has 0 spiro atoms. The number of ether oxygens (including phenoxy) is 1. The van der Waals surface area contributed by atoms with E-state index in [9.17, 15) is 9.90 Å². The molecule has 0 unspecified atom stereocenters. The van der Waals surface area contributed by atoms with Crippen LogP contribution in [-0.4, -0.2) is 27.5 Å². The number of nitrogens with zero attached hydrogens (tertiary/aromatic N) is 2. The number of para-hydroxylation sites is 1. The Morgan fingerprint density at radius 1 is 1.43 bits per heavy atom. The molecule has 0 saturated carbocycles. The third kappa shape index (κ3) is 2.45. The molecule has 2 heterocycles.